The van der Waals surface area contributed by atoms with Crippen LogP contribution in [0.5, 0.6) is 5.75 Å². The normalized spacial score (nSPS) is 10.0. The van der Waals surface area contributed by atoms with Crippen molar-refractivity contribution in [1.82, 2.24) is 5.16 Å². The number of aromatic nitrogens is 1. The summed E-state index contributed by atoms with van der Waals surface area (Å²) in [6.07, 6.45) is -0.785. The van der Waals surface area contributed by atoms with E-state index in [0.29, 0.717) is 17.0 Å². The molecule has 110 valence electrons. The summed E-state index contributed by atoms with van der Waals surface area (Å²) in [4.78, 5) is 23.1. The summed E-state index contributed by atoms with van der Waals surface area (Å²) in [6.45, 7) is 3.66. The predicted octanol–water partition coefficient (Wildman–Crippen LogP) is 2.77. The van der Waals surface area contributed by atoms with Crippen molar-refractivity contribution in [2.45, 2.75) is 13.8 Å². The first-order chi connectivity index (χ1) is 10.1. The highest BCUT2D eigenvalue weighted by atomic mass is 16.7. The second-order valence-electron chi connectivity index (χ2n) is 4.10. The monoisotopic (exact) mass is 290 g/mol. The second kappa shape index (κ2) is 6.56. The fourth-order valence-electron chi connectivity index (χ4n) is 1.52. The number of aryl methyl sites for hydroxylation is 1. The molecular formula is C14H14N2O5. The lowest BCUT2D eigenvalue weighted by atomic mass is 10.2. The number of carbonyl (C=O) groups excluding carboxylic acids is 2. The number of nitrogens with one attached hydrogen (secondary N) is 1. The van der Waals surface area contributed by atoms with E-state index < -0.39 is 6.16 Å². The molecular weight excluding hydrogens is 276 g/mol. The smallest absolute Gasteiger partial charge is 0.434 e. The zero-order valence-corrected chi connectivity index (χ0v) is 11.6. The van der Waals surface area contributed by atoms with Crippen molar-refractivity contribution in [2.75, 3.05) is 11.9 Å². The molecule has 0 fully saturated rings. The van der Waals surface area contributed by atoms with Gasteiger partial charge in [0.05, 0.1) is 12.3 Å². The average molecular weight is 290 g/mol. The summed E-state index contributed by atoms with van der Waals surface area (Å²) in [6, 6.07) is 7.64. The van der Waals surface area contributed by atoms with Crippen LogP contribution in [0.2, 0.25) is 0 Å². The van der Waals surface area contributed by atoms with Crippen LogP contribution in [0.25, 0.3) is 0 Å². The molecule has 1 aromatic carbocycles. The highest BCUT2D eigenvalue weighted by molar-refractivity contribution is 6.03. The number of ether oxygens (including phenoxy) is 2. The van der Waals surface area contributed by atoms with Gasteiger partial charge in [0.15, 0.2) is 0 Å². The van der Waals surface area contributed by atoms with Gasteiger partial charge in [0.1, 0.15) is 5.75 Å². The third kappa shape index (κ3) is 4.07. The van der Waals surface area contributed by atoms with Crippen molar-refractivity contribution in [3.05, 3.63) is 41.6 Å². The van der Waals surface area contributed by atoms with Crippen molar-refractivity contribution >= 4 is 17.9 Å². The maximum Gasteiger partial charge on any atom is 0.513 e. The molecule has 0 radical (unpaired) electrons. The van der Waals surface area contributed by atoms with Crippen LogP contribution in [0, 0.1) is 6.92 Å². The van der Waals surface area contributed by atoms with E-state index in [1.807, 2.05) is 0 Å². The zero-order valence-electron chi connectivity index (χ0n) is 11.6. The third-order valence-electron chi connectivity index (χ3n) is 2.44. The molecule has 0 unspecified atom stereocenters. The van der Waals surface area contributed by atoms with Gasteiger partial charge in [-0.3, -0.25) is 10.1 Å². The molecule has 0 saturated heterocycles. The Hall–Kier alpha value is -2.83. The first-order valence-electron chi connectivity index (χ1n) is 6.28. The summed E-state index contributed by atoms with van der Waals surface area (Å²) >= 11 is 0. The number of rotatable bonds is 4. The largest absolute Gasteiger partial charge is 0.513 e. The molecule has 1 N–H and O–H groups in total. The van der Waals surface area contributed by atoms with Crippen LogP contribution in [0.1, 0.15) is 23.0 Å². The minimum Gasteiger partial charge on any atom is -0.434 e. The van der Waals surface area contributed by atoms with Crippen LogP contribution < -0.4 is 10.1 Å². The van der Waals surface area contributed by atoms with Crippen molar-refractivity contribution in [1.29, 1.82) is 0 Å². The third-order valence-corrected chi connectivity index (χ3v) is 2.44. The van der Waals surface area contributed by atoms with Crippen LogP contribution in [0.3, 0.4) is 0 Å². The summed E-state index contributed by atoms with van der Waals surface area (Å²) in [5.41, 5.74) is 1.06. The van der Waals surface area contributed by atoms with Crippen molar-refractivity contribution in [2.24, 2.45) is 0 Å². The zero-order chi connectivity index (χ0) is 15.2. The minimum absolute atomic E-state index is 0.232. The Morgan fingerprint density at radius 3 is 2.57 bits per heavy atom. The minimum atomic E-state index is -0.785. The lowest BCUT2D eigenvalue weighted by Gasteiger charge is -2.05. The number of carbonyl (C=O) groups is 2. The maximum atomic E-state index is 11.9. The Labute approximate surface area is 120 Å². The summed E-state index contributed by atoms with van der Waals surface area (Å²) in [5.74, 6) is 0.207. The highest BCUT2D eigenvalue weighted by Gasteiger charge is 2.10. The Kier molecular flexibility index (Phi) is 4.55. The van der Waals surface area contributed by atoms with Gasteiger partial charge < -0.3 is 14.0 Å². The molecule has 0 saturated carbocycles. The van der Waals surface area contributed by atoms with Crippen LogP contribution >= 0.6 is 0 Å². The van der Waals surface area contributed by atoms with Crippen molar-refractivity contribution < 1.29 is 23.6 Å². The first-order valence-corrected chi connectivity index (χ1v) is 6.28. The SMILES string of the molecule is CCOC(=O)Oc1ccc(C(=O)Nc2cc(C)no2)cc1. The van der Waals surface area contributed by atoms with Crippen LogP contribution in [0.4, 0.5) is 10.7 Å². The molecule has 0 spiro atoms. The number of anilines is 1. The molecule has 1 aromatic heterocycles. The fraction of sp³-hybridized carbons (Fsp3) is 0.214. The quantitative estimate of drug-likeness (QED) is 0.687. The van der Waals surface area contributed by atoms with Gasteiger partial charge in [0.2, 0.25) is 5.88 Å². The fourth-order valence-corrected chi connectivity index (χ4v) is 1.52. The average Bonchev–Trinajstić information content (AvgIpc) is 2.85. The van der Waals surface area contributed by atoms with Gasteiger partial charge >= 0.3 is 6.16 Å². The lowest BCUT2D eigenvalue weighted by Crippen LogP contribution is -2.12. The Balaban J connectivity index is 1.98. The van der Waals surface area contributed by atoms with E-state index >= 15 is 0 Å². The summed E-state index contributed by atoms with van der Waals surface area (Å²) < 4.78 is 14.4. The Morgan fingerprint density at radius 1 is 1.29 bits per heavy atom. The highest BCUT2D eigenvalue weighted by Crippen LogP contribution is 2.15. The molecule has 0 atom stereocenters. The topological polar surface area (TPSA) is 90.7 Å². The molecule has 1 heterocycles. The molecule has 2 rings (SSSR count). The lowest BCUT2D eigenvalue weighted by molar-refractivity contribution is 0.102. The predicted molar refractivity (Wildman–Crippen MR) is 73.3 cm³/mol. The van der Waals surface area contributed by atoms with Crippen LogP contribution in [-0.2, 0) is 4.74 Å². The maximum absolute atomic E-state index is 11.9. The van der Waals surface area contributed by atoms with Gasteiger partial charge in [-0.25, -0.2) is 4.79 Å². The van der Waals surface area contributed by atoms with E-state index in [4.69, 9.17) is 9.26 Å². The number of hydrogen-bond donors (Lipinski definition) is 1. The van der Waals surface area contributed by atoms with Gasteiger partial charge in [-0.1, -0.05) is 5.16 Å². The number of nitrogens with zero attached hydrogens (tertiary/aromatic N) is 1. The first kappa shape index (κ1) is 14.6. The van der Waals surface area contributed by atoms with Gasteiger partial charge in [0, 0.05) is 11.6 Å². The van der Waals surface area contributed by atoms with E-state index in [1.54, 1.807) is 19.9 Å². The summed E-state index contributed by atoms with van der Waals surface area (Å²) in [7, 11) is 0. The molecule has 0 aliphatic rings. The molecule has 21 heavy (non-hydrogen) atoms. The number of amides is 1. The van der Waals surface area contributed by atoms with Crippen molar-refractivity contribution in [3.8, 4) is 5.75 Å². The Bertz CT molecular complexity index is 633. The van der Waals surface area contributed by atoms with Gasteiger partial charge in [-0.15, -0.1) is 0 Å². The van der Waals surface area contributed by atoms with E-state index in [2.05, 4.69) is 15.2 Å². The van der Waals surface area contributed by atoms with Crippen molar-refractivity contribution in [3.63, 3.8) is 0 Å². The van der Waals surface area contributed by atoms with Gasteiger partial charge in [0.25, 0.3) is 5.91 Å². The number of benzene rings is 1. The van der Waals surface area contributed by atoms with E-state index in [9.17, 15) is 9.59 Å². The van der Waals surface area contributed by atoms with Gasteiger partial charge in [-0.2, -0.15) is 0 Å². The molecule has 1 amide bonds. The molecule has 2 aromatic rings. The van der Waals surface area contributed by atoms with E-state index in [1.165, 1.54) is 24.3 Å². The molecule has 0 bridgehead atoms. The van der Waals surface area contributed by atoms with Crippen LogP contribution in [-0.4, -0.2) is 23.8 Å². The second-order valence-corrected chi connectivity index (χ2v) is 4.10. The molecule has 7 nitrogen and oxygen atoms in total. The summed E-state index contributed by atoms with van der Waals surface area (Å²) in [5, 5.41) is 6.23. The standard InChI is InChI=1S/C14H14N2O5/c1-3-19-14(18)20-11-6-4-10(5-7-11)13(17)15-12-8-9(2)16-21-12/h4-8H,3H2,1-2H3,(H,15,17). The Morgan fingerprint density at radius 2 is 2.00 bits per heavy atom. The van der Waals surface area contributed by atoms with Crippen LogP contribution in [0.15, 0.2) is 34.9 Å². The number of hydrogen-bond acceptors (Lipinski definition) is 6. The van der Waals surface area contributed by atoms with E-state index in [-0.39, 0.29) is 18.4 Å². The molecule has 7 heteroatoms. The van der Waals surface area contributed by atoms with Gasteiger partial charge in [-0.05, 0) is 38.1 Å². The molecule has 0 aliphatic heterocycles. The molecule has 0 aliphatic carbocycles. The van der Waals surface area contributed by atoms with E-state index in [0.717, 1.165) is 0 Å².